The van der Waals surface area contributed by atoms with Gasteiger partial charge >= 0.3 is 6.03 Å². The third-order valence-corrected chi connectivity index (χ3v) is 3.69. The Kier molecular flexibility index (Phi) is 4.84. The molecule has 0 aliphatic carbocycles. The Labute approximate surface area is 120 Å². The SMILES string of the molecule is COc1cc(C)c(CNC(=O)N2CCNCC2)cc1C. The van der Waals surface area contributed by atoms with E-state index in [-0.39, 0.29) is 6.03 Å². The summed E-state index contributed by atoms with van der Waals surface area (Å²) in [4.78, 5) is 13.9. The number of nitrogens with one attached hydrogen (secondary N) is 2. The number of benzene rings is 1. The predicted molar refractivity (Wildman–Crippen MR) is 79.1 cm³/mol. The van der Waals surface area contributed by atoms with Crippen molar-refractivity contribution >= 4 is 6.03 Å². The van der Waals surface area contributed by atoms with Gasteiger partial charge in [-0.25, -0.2) is 4.79 Å². The van der Waals surface area contributed by atoms with E-state index in [4.69, 9.17) is 4.74 Å². The van der Waals surface area contributed by atoms with Gasteiger partial charge in [-0.05, 0) is 36.6 Å². The maximum atomic E-state index is 12.1. The van der Waals surface area contributed by atoms with Gasteiger partial charge in [-0.1, -0.05) is 6.07 Å². The number of urea groups is 1. The number of carbonyl (C=O) groups excluding carboxylic acids is 1. The summed E-state index contributed by atoms with van der Waals surface area (Å²) in [6, 6.07) is 4.10. The van der Waals surface area contributed by atoms with Gasteiger partial charge in [0.2, 0.25) is 0 Å². The van der Waals surface area contributed by atoms with Crippen LogP contribution in [0.4, 0.5) is 4.79 Å². The van der Waals surface area contributed by atoms with Crippen LogP contribution in [0.1, 0.15) is 16.7 Å². The van der Waals surface area contributed by atoms with Crippen molar-refractivity contribution in [3.8, 4) is 5.75 Å². The number of amides is 2. The summed E-state index contributed by atoms with van der Waals surface area (Å²) in [5.41, 5.74) is 3.35. The van der Waals surface area contributed by atoms with Crippen LogP contribution in [-0.4, -0.2) is 44.2 Å². The van der Waals surface area contributed by atoms with Gasteiger partial charge in [0.25, 0.3) is 0 Å². The van der Waals surface area contributed by atoms with Crippen LogP contribution in [0.15, 0.2) is 12.1 Å². The van der Waals surface area contributed by atoms with Crippen molar-refractivity contribution in [1.29, 1.82) is 0 Å². The van der Waals surface area contributed by atoms with Gasteiger partial charge < -0.3 is 20.3 Å². The molecule has 20 heavy (non-hydrogen) atoms. The fraction of sp³-hybridized carbons (Fsp3) is 0.533. The average Bonchev–Trinajstić information content (AvgIpc) is 2.48. The zero-order valence-corrected chi connectivity index (χ0v) is 12.5. The summed E-state index contributed by atoms with van der Waals surface area (Å²) < 4.78 is 5.30. The number of aryl methyl sites for hydroxylation is 2. The standard InChI is InChI=1S/C15H23N3O2/c1-11-9-14(20-3)12(2)8-13(11)10-17-15(19)18-6-4-16-5-7-18/h8-9,16H,4-7,10H2,1-3H3,(H,17,19). The second kappa shape index (κ2) is 6.61. The molecule has 110 valence electrons. The van der Waals surface area contributed by atoms with E-state index in [1.54, 1.807) is 7.11 Å². The zero-order valence-electron chi connectivity index (χ0n) is 12.5. The van der Waals surface area contributed by atoms with Crippen LogP contribution >= 0.6 is 0 Å². The van der Waals surface area contributed by atoms with Crippen molar-refractivity contribution in [2.45, 2.75) is 20.4 Å². The average molecular weight is 277 g/mol. The van der Waals surface area contributed by atoms with Crippen molar-refractivity contribution < 1.29 is 9.53 Å². The monoisotopic (exact) mass is 277 g/mol. The molecule has 2 amide bonds. The highest BCUT2D eigenvalue weighted by Crippen LogP contribution is 2.22. The van der Waals surface area contributed by atoms with E-state index in [0.29, 0.717) is 6.54 Å². The van der Waals surface area contributed by atoms with Crippen molar-refractivity contribution in [1.82, 2.24) is 15.5 Å². The largest absolute Gasteiger partial charge is 0.496 e. The molecule has 1 saturated heterocycles. The predicted octanol–water partition coefficient (Wildman–Crippen LogP) is 1.43. The second-order valence-corrected chi connectivity index (χ2v) is 5.14. The van der Waals surface area contributed by atoms with Crippen LogP contribution < -0.4 is 15.4 Å². The van der Waals surface area contributed by atoms with Crippen LogP contribution in [0.25, 0.3) is 0 Å². The van der Waals surface area contributed by atoms with Gasteiger partial charge in [0.1, 0.15) is 5.75 Å². The second-order valence-electron chi connectivity index (χ2n) is 5.14. The summed E-state index contributed by atoms with van der Waals surface area (Å²) in [6.45, 7) is 7.88. The molecular formula is C15H23N3O2. The fourth-order valence-electron chi connectivity index (χ4n) is 2.41. The normalized spacial score (nSPS) is 15.1. The number of nitrogens with zero attached hydrogens (tertiary/aromatic N) is 1. The molecule has 1 heterocycles. The smallest absolute Gasteiger partial charge is 0.317 e. The van der Waals surface area contributed by atoms with Crippen LogP contribution in [-0.2, 0) is 6.54 Å². The van der Waals surface area contributed by atoms with E-state index >= 15 is 0 Å². The molecule has 0 radical (unpaired) electrons. The highest BCUT2D eigenvalue weighted by atomic mass is 16.5. The van der Waals surface area contributed by atoms with Gasteiger partial charge in [-0.15, -0.1) is 0 Å². The highest BCUT2D eigenvalue weighted by molar-refractivity contribution is 5.74. The maximum Gasteiger partial charge on any atom is 0.317 e. The molecule has 0 aromatic heterocycles. The molecule has 1 aromatic carbocycles. The Hall–Kier alpha value is -1.75. The van der Waals surface area contributed by atoms with Crippen molar-refractivity contribution in [3.05, 3.63) is 28.8 Å². The lowest BCUT2D eigenvalue weighted by molar-refractivity contribution is 0.189. The Bertz CT molecular complexity index is 482. The van der Waals surface area contributed by atoms with E-state index in [2.05, 4.69) is 16.7 Å². The Morgan fingerprint density at radius 1 is 1.30 bits per heavy atom. The Balaban J connectivity index is 1.96. The molecule has 0 unspecified atom stereocenters. The van der Waals surface area contributed by atoms with Crippen LogP contribution in [0.2, 0.25) is 0 Å². The van der Waals surface area contributed by atoms with Gasteiger partial charge in [0.05, 0.1) is 7.11 Å². The highest BCUT2D eigenvalue weighted by Gasteiger charge is 2.15. The molecule has 0 bridgehead atoms. The summed E-state index contributed by atoms with van der Waals surface area (Å²) in [5, 5.41) is 6.23. The molecule has 0 spiro atoms. The van der Waals surface area contributed by atoms with E-state index < -0.39 is 0 Å². The molecule has 1 aliphatic rings. The Morgan fingerprint density at radius 3 is 2.65 bits per heavy atom. The van der Waals surface area contributed by atoms with Crippen LogP contribution in [0, 0.1) is 13.8 Å². The lowest BCUT2D eigenvalue weighted by Gasteiger charge is -2.27. The third kappa shape index (κ3) is 3.42. The number of methoxy groups -OCH3 is 1. The summed E-state index contributed by atoms with van der Waals surface area (Å²) in [6.07, 6.45) is 0. The van der Waals surface area contributed by atoms with E-state index in [9.17, 15) is 4.79 Å². The third-order valence-electron chi connectivity index (χ3n) is 3.69. The topological polar surface area (TPSA) is 53.6 Å². The molecule has 1 aliphatic heterocycles. The summed E-state index contributed by atoms with van der Waals surface area (Å²) >= 11 is 0. The number of hydrogen-bond acceptors (Lipinski definition) is 3. The Morgan fingerprint density at radius 2 is 2.00 bits per heavy atom. The first-order valence-electron chi connectivity index (χ1n) is 6.99. The van der Waals surface area contributed by atoms with E-state index in [1.807, 2.05) is 24.8 Å². The number of hydrogen-bond donors (Lipinski definition) is 2. The summed E-state index contributed by atoms with van der Waals surface area (Å²) in [7, 11) is 1.67. The van der Waals surface area contributed by atoms with Gasteiger partial charge in [-0.3, -0.25) is 0 Å². The number of ether oxygens (including phenoxy) is 1. The lowest BCUT2D eigenvalue weighted by atomic mass is 10.0. The minimum atomic E-state index is 0.0133. The van der Waals surface area contributed by atoms with Gasteiger partial charge in [0.15, 0.2) is 0 Å². The first-order valence-corrected chi connectivity index (χ1v) is 6.99. The first kappa shape index (κ1) is 14.7. The van der Waals surface area contributed by atoms with Gasteiger partial charge in [-0.2, -0.15) is 0 Å². The zero-order chi connectivity index (χ0) is 14.5. The lowest BCUT2D eigenvalue weighted by Crippen LogP contribution is -2.50. The number of rotatable bonds is 3. The van der Waals surface area contributed by atoms with Crippen LogP contribution in [0.5, 0.6) is 5.75 Å². The molecule has 1 aromatic rings. The maximum absolute atomic E-state index is 12.1. The molecule has 0 saturated carbocycles. The fourth-order valence-corrected chi connectivity index (χ4v) is 2.41. The summed E-state index contributed by atoms with van der Waals surface area (Å²) in [5.74, 6) is 0.889. The van der Waals surface area contributed by atoms with E-state index in [1.165, 1.54) is 0 Å². The quantitative estimate of drug-likeness (QED) is 0.879. The molecule has 5 heteroatoms. The first-order chi connectivity index (χ1) is 9.61. The minimum Gasteiger partial charge on any atom is -0.496 e. The van der Waals surface area contributed by atoms with Crippen molar-refractivity contribution in [2.75, 3.05) is 33.3 Å². The number of piperazine rings is 1. The minimum absolute atomic E-state index is 0.0133. The van der Waals surface area contributed by atoms with Crippen LogP contribution in [0.3, 0.4) is 0 Å². The van der Waals surface area contributed by atoms with E-state index in [0.717, 1.165) is 48.6 Å². The molecular weight excluding hydrogens is 254 g/mol. The molecule has 2 rings (SSSR count). The molecule has 0 atom stereocenters. The molecule has 5 nitrogen and oxygen atoms in total. The van der Waals surface area contributed by atoms with Gasteiger partial charge in [0, 0.05) is 32.7 Å². The molecule has 2 N–H and O–H groups in total. The van der Waals surface area contributed by atoms with Crippen molar-refractivity contribution in [3.63, 3.8) is 0 Å². The van der Waals surface area contributed by atoms with Crippen molar-refractivity contribution in [2.24, 2.45) is 0 Å². The molecule has 1 fully saturated rings. The number of carbonyl (C=O) groups is 1.